The number of amides is 8. The van der Waals surface area contributed by atoms with Crippen LogP contribution in [0.5, 0.6) is 0 Å². The first-order chi connectivity index (χ1) is 25.4. The Hall–Kier alpha value is -5.59. The number of carbonyl (C=O) groups is 8. The Morgan fingerprint density at radius 1 is 0.815 bits per heavy atom. The van der Waals surface area contributed by atoms with Crippen molar-refractivity contribution < 1.29 is 43.6 Å². The van der Waals surface area contributed by atoms with E-state index in [2.05, 4.69) is 59.2 Å². The molecule has 0 aliphatic rings. The molecule has 306 valence electrons. The van der Waals surface area contributed by atoms with Gasteiger partial charge < -0.3 is 37.6 Å². The van der Waals surface area contributed by atoms with Crippen molar-refractivity contribution in [2.75, 3.05) is 39.8 Å². The predicted octanol–water partition coefficient (Wildman–Crippen LogP) is -0.552. The Balaban J connectivity index is -0.00000185. The zero-order valence-electron chi connectivity index (χ0n) is 33.1. The minimum absolute atomic E-state index is 0.0841. The lowest BCUT2D eigenvalue weighted by molar-refractivity contribution is -0.150. The van der Waals surface area contributed by atoms with Gasteiger partial charge in [-0.05, 0) is 26.7 Å². The lowest BCUT2D eigenvalue weighted by Gasteiger charge is -2.25. The number of guanidine groups is 1. The van der Waals surface area contributed by atoms with Gasteiger partial charge in [0, 0.05) is 26.9 Å². The van der Waals surface area contributed by atoms with Crippen LogP contribution in [-0.2, 0) is 38.4 Å². The first-order valence-electron chi connectivity index (χ1n) is 17.6. The third kappa shape index (κ3) is 26.2. The van der Waals surface area contributed by atoms with Crippen molar-refractivity contribution in [2.45, 2.75) is 93.2 Å². The van der Waals surface area contributed by atoms with Crippen LogP contribution in [0.25, 0.3) is 0 Å². The fourth-order valence-corrected chi connectivity index (χ4v) is 3.78. The molecular formula is C35H62N10O9. The van der Waals surface area contributed by atoms with E-state index < -0.39 is 85.5 Å². The van der Waals surface area contributed by atoms with Crippen molar-refractivity contribution in [3.05, 3.63) is 35.9 Å². The summed E-state index contributed by atoms with van der Waals surface area (Å²) in [5.41, 5.74) is 13.2. The Kier molecular flexibility index (Phi) is 31.4. The van der Waals surface area contributed by atoms with E-state index >= 15 is 0 Å². The highest BCUT2D eigenvalue weighted by Gasteiger charge is 2.29. The van der Waals surface area contributed by atoms with Crippen molar-refractivity contribution in [1.82, 2.24) is 36.5 Å². The SMILES string of the molecule is CC.CCC.CCC(=O)NCC(=O)N(C(C)=O)C(C)C(=O)NCC(=O)NCC(=O)N(C)CC(=O)NC(CCCN=C(N)N)C(=O)NO.Cc1ccccc1. The molecule has 0 aliphatic carbocycles. The van der Waals surface area contributed by atoms with Crippen LogP contribution in [0.2, 0.25) is 0 Å². The molecule has 0 radical (unpaired) electrons. The number of aliphatic imine (C=N–C) groups is 1. The van der Waals surface area contributed by atoms with Crippen LogP contribution in [-0.4, -0.2) is 120 Å². The van der Waals surface area contributed by atoms with E-state index in [9.17, 15) is 38.4 Å². The number of hydroxylamine groups is 1. The maximum Gasteiger partial charge on any atom is 0.265 e. The van der Waals surface area contributed by atoms with Gasteiger partial charge in [0.25, 0.3) is 5.91 Å². The number of rotatable bonds is 17. The first-order valence-corrected chi connectivity index (χ1v) is 17.6. The second-order valence-electron chi connectivity index (χ2n) is 11.2. The molecule has 10 N–H and O–H groups in total. The molecule has 0 fully saturated rings. The molecule has 0 aromatic heterocycles. The maximum absolute atomic E-state index is 12.4. The highest BCUT2D eigenvalue weighted by Crippen LogP contribution is 2.02. The molecule has 8 amide bonds. The lowest BCUT2D eigenvalue weighted by atomic mass is 10.1. The van der Waals surface area contributed by atoms with E-state index in [1.54, 1.807) is 6.92 Å². The minimum Gasteiger partial charge on any atom is -0.370 e. The van der Waals surface area contributed by atoms with Crippen LogP contribution in [0.15, 0.2) is 35.3 Å². The number of aryl methyl sites for hydroxylation is 1. The van der Waals surface area contributed by atoms with E-state index in [4.69, 9.17) is 16.7 Å². The number of nitrogens with one attached hydrogen (secondary N) is 5. The van der Waals surface area contributed by atoms with Crippen molar-refractivity contribution in [1.29, 1.82) is 0 Å². The number of nitrogens with two attached hydrogens (primary N) is 2. The Bertz CT molecular complexity index is 1340. The minimum atomic E-state index is -1.30. The van der Waals surface area contributed by atoms with Crippen LogP contribution < -0.4 is 38.2 Å². The van der Waals surface area contributed by atoms with Crippen LogP contribution in [0.4, 0.5) is 0 Å². The van der Waals surface area contributed by atoms with Gasteiger partial charge in [0.2, 0.25) is 41.4 Å². The Morgan fingerprint density at radius 2 is 1.35 bits per heavy atom. The summed E-state index contributed by atoms with van der Waals surface area (Å²) in [6.07, 6.45) is 1.75. The van der Waals surface area contributed by atoms with Gasteiger partial charge in [0.1, 0.15) is 12.1 Å². The van der Waals surface area contributed by atoms with Gasteiger partial charge in [-0.3, -0.25) is 53.5 Å². The number of nitrogens with zero attached hydrogens (tertiary/aromatic N) is 3. The third-order valence-corrected chi connectivity index (χ3v) is 6.45. The van der Waals surface area contributed by atoms with E-state index in [1.165, 1.54) is 31.4 Å². The highest BCUT2D eigenvalue weighted by atomic mass is 16.5. The molecule has 54 heavy (non-hydrogen) atoms. The summed E-state index contributed by atoms with van der Waals surface area (Å²) < 4.78 is 0. The van der Waals surface area contributed by atoms with Crippen molar-refractivity contribution >= 4 is 53.2 Å². The summed E-state index contributed by atoms with van der Waals surface area (Å²) >= 11 is 0. The molecule has 19 heteroatoms. The average Bonchev–Trinajstić information content (AvgIpc) is 3.13. The van der Waals surface area contributed by atoms with Crippen LogP contribution in [0.1, 0.15) is 79.7 Å². The molecule has 1 aromatic carbocycles. The van der Waals surface area contributed by atoms with E-state index in [1.807, 2.05) is 32.0 Å². The molecule has 0 heterocycles. The molecule has 1 rings (SSSR count). The molecule has 0 aliphatic heterocycles. The normalized spacial score (nSPS) is 10.6. The summed E-state index contributed by atoms with van der Waals surface area (Å²) in [6, 6.07) is 7.84. The fourth-order valence-electron chi connectivity index (χ4n) is 3.78. The molecule has 0 spiro atoms. The zero-order chi connectivity index (χ0) is 42.2. The van der Waals surface area contributed by atoms with Gasteiger partial charge in [-0.1, -0.05) is 76.9 Å². The van der Waals surface area contributed by atoms with Gasteiger partial charge in [-0.15, -0.1) is 0 Å². The van der Waals surface area contributed by atoms with Crippen LogP contribution in [0.3, 0.4) is 0 Å². The van der Waals surface area contributed by atoms with Crippen LogP contribution in [0, 0.1) is 6.92 Å². The zero-order valence-corrected chi connectivity index (χ0v) is 33.1. The summed E-state index contributed by atoms with van der Waals surface area (Å²) in [7, 11) is 1.27. The molecule has 2 atom stereocenters. The summed E-state index contributed by atoms with van der Waals surface area (Å²) in [6.45, 7) is 12.3. The van der Waals surface area contributed by atoms with Gasteiger partial charge in [-0.2, -0.15) is 0 Å². The number of carbonyl (C=O) groups excluding carboxylic acids is 8. The van der Waals surface area contributed by atoms with Crippen molar-refractivity contribution in [2.24, 2.45) is 16.5 Å². The number of hydrogen-bond acceptors (Lipinski definition) is 10. The second-order valence-corrected chi connectivity index (χ2v) is 11.2. The lowest BCUT2D eigenvalue weighted by Crippen LogP contribution is -2.54. The summed E-state index contributed by atoms with van der Waals surface area (Å²) in [5.74, 6) is -6.04. The third-order valence-electron chi connectivity index (χ3n) is 6.45. The molecule has 2 unspecified atom stereocenters. The Labute approximate surface area is 318 Å². The van der Waals surface area contributed by atoms with Crippen molar-refractivity contribution in [3.8, 4) is 0 Å². The monoisotopic (exact) mass is 766 g/mol. The van der Waals surface area contributed by atoms with Gasteiger partial charge in [0.05, 0.1) is 26.2 Å². The molecule has 19 nitrogen and oxygen atoms in total. The fraction of sp³-hybridized carbons (Fsp3) is 0.571. The quantitative estimate of drug-likeness (QED) is 0.0327. The average molecular weight is 767 g/mol. The molecule has 0 saturated heterocycles. The molecule has 0 saturated carbocycles. The van der Waals surface area contributed by atoms with E-state index in [-0.39, 0.29) is 25.3 Å². The number of imide groups is 1. The summed E-state index contributed by atoms with van der Waals surface area (Å²) in [5, 5.41) is 18.1. The largest absolute Gasteiger partial charge is 0.370 e. The molecular weight excluding hydrogens is 704 g/mol. The second kappa shape index (κ2) is 32.1. The summed E-state index contributed by atoms with van der Waals surface area (Å²) in [4.78, 5) is 102. The molecule has 0 bridgehead atoms. The van der Waals surface area contributed by atoms with E-state index in [0.29, 0.717) is 11.3 Å². The van der Waals surface area contributed by atoms with E-state index in [0.717, 1.165) is 11.8 Å². The predicted molar refractivity (Wildman–Crippen MR) is 204 cm³/mol. The standard InChI is InChI=1S/C23H40N10O9.C7H8.C3H8.C2H6/c1-5-16(35)27-11-20(39)33(14(3)34)13(2)21(40)29-9-17(36)28-10-19(38)32(4)12-18(37)30-15(22(41)31-42)7-6-8-26-23(24)25;1-7-5-3-2-4-6-7;1-3-2;1-2/h13,15,42H,5-12H2,1-4H3,(H,27,35)(H,28,36)(H,29,40)(H,30,37)(H,31,41)(H4,24,25,26);2-6H,1H3;3H2,1-2H3;1-2H3. The number of benzene rings is 1. The highest BCUT2D eigenvalue weighted by molar-refractivity contribution is 6.01. The first kappa shape index (κ1) is 52.8. The Morgan fingerprint density at radius 3 is 1.81 bits per heavy atom. The number of hydrogen-bond donors (Lipinski definition) is 8. The molecule has 1 aromatic rings. The number of likely N-dealkylation sites (N-methyl/N-ethyl adjacent to an activating group) is 1. The topological polar surface area (TPSA) is 288 Å². The smallest absolute Gasteiger partial charge is 0.265 e. The van der Waals surface area contributed by atoms with Gasteiger partial charge in [0.15, 0.2) is 5.96 Å². The van der Waals surface area contributed by atoms with Gasteiger partial charge >= 0.3 is 0 Å². The van der Waals surface area contributed by atoms with Gasteiger partial charge in [-0.25, -0.2) is 5.48 Å². The maximum atomic E-state index is 12.4. The van der Waals surface area contributed by atoms with Crippen LogP contribution >= 0.6 is 0 Å². The van der Waals surface area contributed by atoms with Crippen molar-refractivity contribution in [3.63, 3.8) is 0 Å².